The molecule has 1 atom stereocenters. The van der Waals surface area contributed by atoms with Crippen LogP contribution in [0, 0.1) is 5.41 Å². The van der Waals surface area contributed by atoms with E-state index in [1.807, 2.05) is 21.3 Å². The Morgan fingerprint density at radius 3 is 2.00 bits per heavy atom. The third-order valence-corrected chi connectivity index (χ3v) is 10.4. The van der Waals surface area contributed by atoms with E-state index >= 15 is 0 Å². The highest BCUT2D eigenvalue weighted by Gasteiger charge is 2.68. The average Bonchev–Trinajstić information content (AvgIpc) is 2.54. The Bertz CT molecular complexity index is 312. The monoisotopic (exact) mass is 331 g/mol. The molecule has 0 amide bonds. The molecule has 0 aromatic rings. The van der Waals surface area contributed by atoms with Crippen LogP contribution in [-0.2, 0) is 13.6 Å². The zero-order valence-electron chi connectivity index (χ0n) is 15.4. The minimum absolute atomic E-state index is 0.164. The molecule has 1 saturated heterocycles. The molecule has 1 aliphatic heterocycles. The maximum absolute atomic E-state index is 6.36. The second-order valence-corrected chi connectivity index (χ2v) is 10.3. The Morgan fingerprint density at radius 2 is 1.59 bits per heavy atom. The molecule has 0 saturated carbocycles. The molecule has 5 heteroatoms. The smallest absolute Gasteiger partial charge is 0.371 e. The number of ether oxygens (including phenoxy) is 1. The van der Waals surface area contributed by atoms with Crippen LogP contribution < -0.4 is 5.73 Å². The van der Waals surface area contributed by atoms with Gasteiger partial charge in [0.05, 0.1) is 0 Å². The average molecular weight is 332 g/mol. The molecule has 132 valence electrons. The number of rotatable bonds is 10. The van der Waals surface area contributed by atoms with Gasteiger partial charge in [-0.15, -0.1) is 0 Å². The number of hydrogen-bond acceptors (Lipinski definition) is 4. The van der Waals surface area contributed by atoms with E-state index in [0.717, 1.165) is 18.9 Å². The van der Waals surface area contributed by atoms with E-state index in [4.69, 9.17) is 19.3 Å². The zero-order valence-corrected chi connectivity index (χ0v) is 16.4. The second kappa shape index (κ2) is 8.78. The molecular formula is C17H37NO3Si. The fourth-order valence-corrected chi connectivity index (χ4v) is 9.43. The summed E-state index contributed by atoms with van der Waals surface area (Å²) < 4.78 is 18.6. The van der Waals surface area contributed by atoms with Gasteiger partial charge in [0.1, 0.15) is 5.22 Å². The van der Waals surface area contributed by atoms with Gasteiger partial charge in [0.25, 0.3) is 0 Å². The van der Waals surface area contributed by atoms with Gasteiger partial charge in [0, 0.05) is 26.7 Å². The first-order chi connectivity index (χ1) is 10.6. The van der Waals surface area contributed by atoms with Gasteiger partial charge in [-0.25, -0.2) is 0 Å². The van der Waals surface area contributed by atoms with Crippen LogP contribution in [0.5, 0.6) is 0 Å². The van der Waals surface area contributed by atoms with Crippen LogP contribution in [0.2, 0.25) is 6.04 Å². The van der Waals surface area contributed by atoms with Gasteiger partial charge in [-0.2, -0.15) is 0 Å². The van der Waals surface area contributed by atoms with Crippen molar-refractivity contribution in [2.24, 2.45) is 11.1 Å². The lowest BCUT2D eigenvalue weighted by Crippen LogP contribution is -2.72. The highest BCUT2D eigenvalue weighted by Crippen LogP contribution is 2.58. The lowest BCUT2D eigenvalue weighted by molar-refractivity contribution is -0.116. The largest absolute Gasteiger partial charge is 0.396 e. The standard InChI is InChI=1S/C17H37NO3Si/c1-6-10-16(11-7-2)12-9-15-22(20-4,21-5)17(16,19-3)13-8-14-18/h6-15,18H2,1-5H3. The molecule has 4 nitrogen and oxygen atoms in total. The molecule has 1 rings (SSSR count). The predicted octanol–water partition coefficient (Wildman–Crippen LogP) is 3.77. The SMILES string of the molecule is CCCC1(CCC)CCC[Si](OC)(OC)C1(CCCN)OC. The lowest BCUT2D eigenvalue weighted by atomic mass is 9.69. The van der Waals surface area contributed by atoms with Crippen LogP contribution in [0.1, 0.15) is 65.2 Å². The van der Waals surface area contributed by atoms with Crippen molar-refractivity contribution in [1.29, 1.82) is 0 Å². The van der Waals surface area contributed by atoms with Crippen LogP contribution in [0.15, 0.2) is 0 Å². The molecule has 22 heavy (non-hydrogen) atoms. The molecule has 0 aromatic carbocycles. The molecular weight excluding hydrogens is 294 g/mol. The minimum atomic E-state index is -2.44. The van der Waals surface area contributed by atoms with Crippen LogP contribution in [0.3, 0.4) is 0 Å². The van der Waals surface area contributed by atoms with E-state index in [1.54, 1.807) is 0 Å². The maximum atomic E-state index is 6.36. The highest BCUT2D eigenvalue weighted by molar-refractivity contribution is 6.71. The Labute approximate surface area is 138 Å². The minimum Gasteiger partial charge on any atom is -0.396 e. The summed E-state index contributed by atoms with van der Waals surface area (Å²) in [6.07, 6.45) is 9.02. The third-order valence-electron chi connectivity index (χ3n) is 5.83. The van der Waals surface area contributed by atoms with Gasteiger partial charge in [-0.3, -0.25) is 0 Å². The summed E-state index contributed by atoms with van der Waals surface area (Å²) in [7, 11) is 3.07. The molecule has 1 fully saturated rings. The zero-order chi connectivity index (χ0) is 16.7. The summed E-state index contributed by atoms with van der Waals surface area (Å²) in [5.41, 5.74) is 6.01. The van der Waals surface area contributed by atoms with Gasteiger partial charge < -0.3 is 19.3 Å². The van der Waals surface area contributed by atoms with Crippen molar-refractivity contribution in [3.63, 3.8) is 0 Å². The Morgan fingerprint density at radius 1 is 1.00 bits per heavy atom. The Balaban J connectivity index is 3.41. The van der Waals surface area contributed by atoms with Gasteiger partial charge in [0.2, 0.25) is 0 Å². The van der Waals surface area contributed by atoms with E-state index in [9.17, 15) is 0 Å². The summed E-state index contributed by atoms with van der Waals surface area (Å²) >= 11 is 0. The molecule has 1 aliphatic rings. The quantitative estimate of drug-likeness (QED) is 0.619. The predicted molar refractivity (Wildman–Crippen MR) is 94.1 cm³/mol. The van der Waals surface area contributed by atoms with Crippen molar-refractivity contribution >= 4 is 8.56 Å². The van der Waals surface area contributed by atoms with Crippen molar-refractivity contribution < 1.29 is 13.6 Å². The van der Waals surface area contributed by atoms with Gasteiger partial charge in [0.15, 0.2) is 0 Å². The van der Waals surface area contributed by atoms with Crippen molar-refractivity contribution in [3.8, 4) is 0 Å². The number of nitrogens with two attached hydrogens (primary N) is 1. The van der Waals surface area contributed by atoms with Gasteiger partial charge >= 0.3 is 8.56 Å². The van der Waals surface area contributed by atoms with Crippen LogP contribution >= 0.6 is 0 Å². The Kier molecular flexibility index (Phi) is 8.02. The van der Waals surface area contributed by atoms with Gasteiger partial charge in [-0.1, -0.05) is 33.1 Å². The van der Waals surface area contributed by atoms with Crippen molar-refractivity contribution in [2.45, 2.75) is 76.5 Å². The first-order valence-corrected chi connectivity index (χ1v) is 11.0. The normalized spacial score (nSPS) is 27.0. The topological polar surface area (TPSA) is 53.7 Å². The fourth-order valence-electron chi connectivity index (χ4n) is 5.10. The Hall–Kier alpha value is 0.0569. The van der Waals surface area contributed by atoms with Crippen molar-refractivity contribution in [3.05, 3.63) is 0 Å². The summed E-state index contributed by atoms with van der Waals surface area (Å²) in [5.74, 6) is 0. The molecule has 0 aliphatic carbocycles. The summed E-state index contributed by atoms with van der Waals surface area (Å²) in [4.78, 5) is 0. The highest BCUT2D eigenvalue weighted by atomic mass is 28.4. The van der Waals surface area contributed by atoms with Crippen molar-refractivity contribution in [2.75, 3.05) is 27.9 Å². The summed E-state index contributed by atoms with van der Waals surface area (Å²) in [5, 5.41) is -0.285. The van der Waals surface area contributed by atoms with E-state index in [0.29, 0.717) is 6.54 Å². The summed E-state index contributed by atoms with van der Waals surface area (Å²) in [6, 6.07) is 1.02. The first-order valence-electron chi connectivity index (χ1n) is 8.93. The maximum Gasteiger partial charge on any atom is 0.371 e. The number of methoxy groups -OCH3 is 1. The molecule has 0 bridgehead atoms. The van der Waals surface area contributed by atoms with Crippen LogP contribution in [0.4, 0.5) is 0 Å². The van der Waals surface area contributed by atoms with E-state index in [2.05, 4.69) is 13.8 Å². The van der Waals surface area contributed by atoms with Gasteiger partial charge in [-0.05, 0) is 44.7 Å². The van der Waals surface area contributed by atoms with E-state index < -0.39 is 8.56 Å². The molecule has 0 radical (unpaired) electrons. The van der Waals surface area contributed by atoms with Crippen LogP contribution in [-0.4, -0.2) is 41.7 Å². The first kappa shape index (κ1) is 20.1. The molecule has 0 spiro atoms. The third kappa shape index (κ3) is 3.15. The molecule has 0 aromatic heterocycles. The van der Waals surface area contributed by atoms with E-state index in [-0.39, 0.29) is 10.6 Å². The second-order valence-electron chi connectivity index (χ2n) is 6.72. The van der Waals surface area contributed by atoms with E-state index in [1.165, 1.54) is 38.5 Å². The fraction of sp³-hybridized carbons (Fsp3) is 1.00. The van der Waals surface area contributed by atoms with Crippen LogP contribution in [0.25, 0.3) is 0 Å². The molecule has 2 N–H and O–H groups in total. The lowest BCUT2D eigenvalue weighted by Gasteiger charge is -2.59. The summed E-state index contributed by atoms with van der Waals surface area (Å²) in [6.45, 7) is 5.24. The number of hydrogen-bond donors (Lipinski definition) is 1. The van der Waals surface area contributed by atoms with Crippen molar-refractivity contribution in [1.82, 2.24) is 0 Å². The molecule has 1 heterocycles. The molecule has 1 unspecified atom stereocenters.